The second kappa shape index (κ2) is 14.5. The predicted molar refractivity (Wildman–Crippen MR) is 161 cm³/mol. The minimum atomic E-state index is -0.859. The summed E-state index contributed by atoms with van der Waals surface area (Å²) < 4.78 is 5.29. The molecule has 214 valence electrons. The maximum absolute atomic E-state index is 13.4. The highest BCUT2D eigenvalue weighted by Crippen LogP contribution is 2.15. The third-order valence-electron chi connectivity index (χ3n) is 6.65. The van der Waals surface area contributed by atoms with E-state index >= 15 is 0 Å². The van der Waals surface area contributed by atoms with Crippen molar-refractivity contribution < 1.29 is 19.4 Å². The number of aliphatic hydroxyl groups is 1. The average Bonchev–Trinajstić information content (AvgIpc) is 3.41. The van der Waals surface area contributed by atoms with Crippen molar-refractivity contribution in [3.05, 3.63) is 117 Å². The highest BCUT2D eigenvalue weighted by Gasteiger charge is 2.23. The van der Waals surface area contributed by atoms with Crippen molar-refractivity contribution in [2.45, 2.75) is 38.6 Å². The molecule has 2 amide bonds. The Balaban J connectivity index is 1.42. The van der Waals surface area contributed by atoms with Gasteiger partial charge < -0.3 is 25.4 Å². The van der Waals surface area contributed by atoms with E-state index < -0.39 is 12.1 Å². The smallest absolute Gasteiger partial charge is 0.253 e. The normalized spacial score (nSPS) is 12.4. The molecule has 41 heavy (non-hydrogen) atoms. The number of hydrogen-bond donors (Lipinski definition) is 3. The number of benzene rings is 3. The summed E-state index contributed by atoms with van der Waals surface area (Å²) >= 11 is 1.51. The van der Waals surface area contributed by atoms with Gasteiger partial charge in [-0.3, -0.25) is 9.59 Å². The van der Waals surface area contributed by atoms with E-state index in [2.05, 4.69) is 15.6 Å². The zero-order valence-electron chi connectivity index (χ0n) is 23.5. The van der Waals surface area contributed by atoms with Crippen molar-refractivity contribution in [1.82, 2.24) is 20.5 Å². The molecule has 3 aromatic carbocycles. The summed E-state index contributed by atoms with van der Waals surface area (Å²) in [5.41, 5.74) is 3.70. The van der Waals surface area contributed by atoms with Gasteiger partial charge >= 0.3 is 0 Å². The molecule has 0 aliphatic carbocycles. The first-order valence-corrected chi connectivity index (χ1v) is 14.3. The lowest BCUT2D eigenvalue weighted by Gasteiger charge is -2.25. The van der Waals surface area contributed by atoms with Crippen LogP contribution in [0.25, 0.3) is 0 Å². The predicted octanol–water partition coefficient (Wildman–Crippen LogP) is 4.22. The molecule has 9 heteroatoms. The average molecular weight is 573 g/mol. The van der Waals surface area contributed by atoms with Gasteiger partial charge in [0.25, 0.3) is 11.8 Å². The molecule has 2 atom stereocenters. The Morgan fingerprint density at radius 3 is 2.46 bits per heavy atom. The van der Waals surface area contributed by atoms with E-state index in [0.29, 0.717) is 30.6 Å². The third kappa shape index (κ3) is 8.72. The largest absolute Gasteiger partial charge is 0.497 e. The second-order valence-electron chi connectivity index (χ2n) is 9.94. The van der Waals surface area contributed by atoms with E-state index in [9.17, 15) is 14.7 Å². The number of hydrogen-bond acceptors (Lipinski definition) is 7. The highest BCUT2D eigenvalue weighted by molar-refractivity contribution is 7.09. The van der Waals surface area contributed by atoms with Crippen LogP contribution < -0.4 is 15.4 Å². The van der Waals surface area contributed by atoms with Crippen LogP contribution in [-0.4, -0.2) is 59.7 Å². The maximum Gasteiger partial charge on any atom is 0.253 e. The summed E-state index contributed by atoms with van der Waals surface area (Å²) in [6, 6.07) is 23.5. The second-order valence-corrected chi connectivity index (χ2v) is 10.9. The van der Waals surface area contributed by atoms with Gasteiger partial charge in [-0.25, -0.2) is 4.98 Å². The van der Waals surface area contributed by atoms with E-state index in [-0.39, 0.29) is 18.4 Å². The number of ether oxygens (including phenoxy) is 1. The number of rotatable bonds is 13. The molecule has 3 N–H and O–H groups in total. The lowest BCUT2D eigenvalue weighted by atomic mass is 10.00. The van der Waals surface area contributed by atoms with Crippen molar-refractivity contribution in [2.24, 2.45) is 0 Å². The Morgan fingerprint density at radius 2 is 1.73 bits per heavy atom. The van der Waals surface area contributed by atoms with Crippen LogP contribution in [0.1, 0.15) is 42.5 Å². The fraction of sp³-hybridized carbons (Fsp3) is 0.281. The summed E-state index contributed by atoms with van der Waals surface area (Å²) in [6.07, 6.45) is -0.411. The molecular weight excluding hydrogens is 536 g/mol. The van der Waals surface area contributed by atoms with Crippen LogP contribution in [0.15, 0.2) is 84.2 Å². The molecule has 0 fully saturated rings. The first-order valence-electron chi connectivity index (χ1n) is 13.5. The fourth-order valence-electron chi connectivity index (χ4n) is 4.46. The summed E-state index contributed by atoms with van der Waals surface area (Å²) in [6.45, 7) is 3.12. The Morgan fingerprint density at radius 1 is 1.00 bits per heavy atom. The summed E-state index contributed by atoms with van der Waals surface area (Å²) in [5.74, 6) is 0.213. The number of nitrogens with one attached hydrogen (secondary N) is 2. The number of aryl methyl sites for hydroxylation is 1. The van der Waals surface area contributed by atoms with Gasteiger partial charge in [0.1, 0.15) is 10.8 Å². The SMILES string of the molecule is COc1cccc(CNC[C@@H](O)[C@H](Cc2ccccc2)NC(=O)c2cccc(C(=O)N(C)Cc3nc(C)cs3)c2)c1. The molecule has 0 aliphatic rings. The summed E-state index contributed by atoms with van der Waals surface area (Å²) in [5, 5.41) is 20.2. The quantitative estimate of drug-likeness (QED) is 0.222. The van der Waals surface area contributed by atoms with Crippen LogP contribution in [0, 0.1) is 6.92 Å². The van der Waals surface area contributed by atoms with Crippen LogP contribution in [0.2, 0.25) is 0 Å². The number of thiazole rings is 1. The highest BCUT2D eigenvalue weighted by atomic mass is 32.1. The number of nitrogens with zero attached hydrogens (tertiary/aromatic N) is 2. The molecule has 4 rings (SSSR count). The molecule has 0 aliphatic heterocycles. The fourth-order valence-corrected chi connectivity index (χ4v) is 5.28. The lowest BCUT2D eigenvalue weighted by molar-refractivity contribution is 0.0784. The third-order valence-corrected chi connectivity index (χ3v) is 7.60. The van der Waals surface area contributed by atoms with E-state index in [0.717, 1.165) is 27.6 Å². The number of aliphatic hydroxyl groups excluding tert-OH is 1. The van der Waals surface area contributed by atoms with E-state index in [4.69, 9.17) is 4.74 Å². The molecule has 0 saturated heterocycles. The van der Waals surface area contributed by atoms with Crippen LogP contribution in [-0.2, 0) is 19.5 Å². The zero-order valence-corrected chi connectivity index (χ0v) is 24.4. The number of aromatic nitrogens is 1. The van der Waals surface area contributed by atoms with Crippen molar-refractivity contribution in [1.29, 1.82) is 0 Å². The monoisotopic (exact) mass is 572 g/mol. The zero-order chi connectivity index (χ0) is 29.2. The topological polar surface area (TPSA) is 104 Å². The lowest BCUT2D eigenvalue weighted by Crippen LogP contribution is -2.48. The number of amides is 2. The molecule has 0 radical (unpaired) electrons. The van der Waals surface area contributed by atoms with Crippen molar-refractivity contribution in [2.75, 3.05) is 20.7 Å². The number of methoxy groups -OCH3 is 1. The Hall–Kier alpha value is -4.05. The summed E-state index contributed by atoms with van der Waals surface area (Å²) in [7, 11) is 3.34. The molecule has 0 bridgehead atoms. The van der Waals surface area contributed by atoms with E-state index in [1.165, 1.54) is 11.3 Å². The van der Waals surface area contributed by atoms with Gasteiger partial charge in [0.2, 0.25) is 0 Å². The molecular formula is C32H36N4O4S. The molecule has 0 spiro atoms. The molecule has 1 heterocycles. The van der Waals surface area contributed by atoms with Gasteiger partial charge in [-0.05, 0) is 54.8 Å². The van der Waals surface area contributed by atoms with Crippen LogP contribution >= 0.6 is 11.3 Å². The van der Waals surface area contributed by atoms with Gasteiger partial charge in [-0.2, -0.15) is 0 Å². The first kappa shape index (κ1) is 29.9. The van der Waals surface area contributed by atoms with Crippen molar-refractivity contribution in [3.63, 3.8) is 0 Å². The van der Waals surface area contributed by atoms with Crippen LogP contribution in [0.3, 0.4) is 0 Å². The van der Waals surface area contributed by atoms with Gasteiger partial charge in [0.15, 0.2) is 0 Å². The Labute approximate surface area is 245 Å². The van der Waals surface area contributed by atoms with E-state index in [1.54, 1.807) is 43.3 Å². The molecule has 0 unspecified atom stereocenters. The van der Waals surface area contributed by atoms with Gasteiger partial charge in [-0.1, -0.05) is 48.5 Å². The number of carbonyl (C=O) groups is 2. The van der Waals surface area contributed by atoms with Crippen LogP contribution in [0.5, 0.6) is 5.75 Å². The standard InChI is InChI=1S/C32H36N4O4S/c1-22-21-41-30(34-22)20-36(2)32(39)26-13-8-12-25(17-26)31(38)35-28(16-23-9-5-4-6-10-23)29(37)19-33-18-24-11-7-14-27(15-24)40-3/h4-15,17,21,28-29,33,37H,16,18-20H2,1-3H3,(H,35,38)/t28-,29+/m0/s1. The molecule has 0 saturated carbocycles. The Bertz CT molecular complexity index is 1440. The molecule has 8 nitrogen and oxygen atoms in total. The summed E-state index contributed by atoms with van der Waals surface area (Å²) in [4.78, 5) is 32.5. The molecule has 4 aromatic rings. The molecule has 1 aromatic heterocycles. The Kier molecular flexibility index (Phi) is 10.6. The minimum Gasteiger partial charge on any atom is -0.497 e. The first-order chi connectivity index (χ1) is 19.8. The number of carbonyl (C=O) groups excluding carboxylic acids is 2. The maximum atomic E-state index is 13.4. The minimum absolute atomic E-state index is 0.199. The van der Waals surface area contributed by atoms with Gasteiger partial charge in [0.05, 0.1) is 25.8 Å². The van der Waals surface area contributed by atoms with Crippen molar-refractivity contribution >= 4 is 23.2 Å². The van der Waals surface area contributed by atoms with Crippen molar-refractivity contribution in [3.8, 4) is 5.75 Å². The van der Waals surface area contributed by atoms with Crippen LogP contribution in [0.4, 0.5) is 0 Å². The van der Waals surface area contributed by atoms with Gasteiger partial charge in [-0.15, -0.1) is 11.3 Å². The van der Waals surface area contributed by atoms with Gasteiger partial charge in [0, 0.05) is 42.3 Å². The van der Waals surface area contributed by atoms with E-state index in [1.807, 2.05) is 66.9 Å².